The van der Waals surface area contributed by atoms with Gasteiger partial charge in [0.2, 0.25) is 0 Å². The summed E-state index contributed by atoms with van der Waals surface area (Å²) >= 11 is 5.62. The molecule has 0 saturated carbocycles. The zero-order valence-corrected chi connectivity index (χ0v) is 18.0. The van der Waals surface area contributed by atoms with E-state index in [9.17, 15) is 0 Å². The van der Waals surface area contributed by atoms with E-state index in [0.717, 1.165) is 22.8 Å². The predicted molar refractivity (Wildman–Crippen MR) is 121 cm³/mol. The summed E-state index contributed by atoms with van der Waals surface area (Å²) in [5.74, 6) is 0.524. The lowest BCUT2D eigenvalue weighted by atomic mass is 10.0. The fourth-order valence-electron chi connectivity index (χ4n) is 3.20. The number of hydrogen-bond donors (Lipinski definition) is 1. The summed E-state index contributed by atoms with van der Waals surface area (Å²) in [5, 5.41) is 8.76. The number of aryl methyl sites for hydroxylation is 1. The van der Waals surface area contributed by atoms with E-state index in [-0.39, 0.29) is 0 Å². The first kappa shape index (κ1) is 20.1. The number of para-hydroxylation sites is 1. The second-order valence-corrected chi connectivity index (χ2v) is 7.85. The Labute approximate surface area is 173 Å². The van der Waals surface area contributed by atoms with Gasteiger partial charge in [0.05, 0.1) is 11.4 Å². The number of aromatic nitrogens is 2. The van der Waals surface area contributed by atoms with Crippen LogP contribution >= 0.6 is 12.2 Å². The van der Waals surface area contributed by atoms with Gasteiger partial charge in [-0.3, -0.25) is 0 Å². The van der Waals surface area contributed by atoms with Crippen LogP contribution in [0.5, 0.6) is 0 Å². The van der Waals surface area contributed by atoms with Crippen LogP contribution in [0.3, 0.4) is 0 Å². The van der Waals surface area contributed by atoms with Gasteiger partial charge in [0.1, 0.15) is 0 Å². The van der Waals surface area contributed by atoms with Crippen molar-refractivity contribution < 1.29 is 0 Å². The first-order valence-corrected chi connectivity index (χ1v) is 10.00. The molecule has 0 unspecified atom stereocenters. The number of thiocarbonyl (C=S) groups is 1. The van der Waals surface area contributed by atoms with E-state index >= 15 is 0 Å². The van der Waals surface area contributed by atoms with E-state index in [1.807, 2.05) is 29.9 Å². The van der Waals surface area contributed by atoms with Crippen molar-refractivity contribution in [3.05, 3.63) is 77.1 Å². The molecule has 0 aliphatic rings. The van der Waals surface area contributed by atoms with Gasteiger partial charge < -0.3 is 10.2 Å². The number of nitrogens with zero attached hydrogens (tertiary/aromatic N) is 3. The Morgan fingerprint density at radius 3 is 2.32 bits per heavy atom. The van der Waals surface area contributed by atoms with E-state index in [0.29, 0.717) is 17.6 Å². The number of nitrogens with one attached hydrogen (secondary N) is 1. The van der Waals surface area contributed by atoms with Gasteiger partial charge in [-0.1, -0.05) is 44.2 Å². The summed E-state index contributed by atoms with van der Waals surface area (Å²) in [5.41, 5.74) is 6.77. The number of hydrogen-bond acceptors (Lipinski definition) is 2. The van der Waals surface area contributed by atoms with Crippen molar-refractivity contribution in [1.29, 1.82) is 0 Å². The van der Waals surface area contributed by atoms with Crippen molar-refractivity contribution in [3.8, 4) is 5.69 Å². The van der Waals surface area contributed by atoms with Gasteiger partial charge >= 0.3 is 0 Å². The van der Waals surface area contributed by atoms with Crippen molar-refractivity contribution in [3.63, 3.8) is 0 Å². The molecule has 28 heavy (non-hydrogen) atoms. The molecule has 2 aromatic carbocycles. The standard InChI is InChI=1S/C23H28N4S/c1-16(2)19-11-13-20(14-12-19)24-23(28)26(5)15-22-17(3)25-27(18(22)4)21-9-7-6-8-10-21/h6-14,16H,15H2,1-5H3,(H,24,28). The van der Waals surface area contributed by atoms with E-state index in [1.165, 1.54) is 11.1 Å². The van der Waals surface area contributed by atoms with Gasteiger partial charge in [-0.25, -0.2) is 4.68 Å². The molecule has 3 aromatic rings. The van der Waals surface area contributed by atoms with E-state index in [2.05, 4.69) is 74.3 Å². The average molecular weight is 393 g/mol. The minimum Gasteiger partial charge on any atom is -0.348 e. The molecule has 1 N–H and O–H groups in total. The van der Waals surface area contributed by atoms with Crippen LogP contribution in [0.4, 0.5) is 5.69 Å². The molecule has 4 nitrogen and oxygen atoms in total. The Morgan fingerprint density at radius 2 is 1.71 bits per heavy atom. The van der Waals surface area contributed by atoms with Gasteiger partial charge in [0.15, 0.2) is 5.11 Å². The molecule has 0 spiro atoms. The smallest absolute Gasteiger partial charge is 0.173 e. The van der Waals surface area contributed by atoms with Gasteiger partial charge in [-0.15, -0.1) is 0 Å². The van der Waals surface area contributed by atoms with E-state index in [1.54, 1.807) is 0 Å². The summed E-state index contributed by atoms with van der Waals surface area (Å²) in [7, 11) is 2.01. The minimum atomic E-state index is 0.524. The molecule has 0 atom stereocenters. The number of anilines is 1. The summed E-state index contributed by atoms with van der Waals surface area (Å²) in [6, 6.07) is 18.7. The summed E-state index contributed by atoms with van der Waals surface area (Å²) in [6.45, 7) is 9.26. The molecule has 5 heteroatoms. The van der Waals surface area contributed by atoms with Crippen LogP contribution in [0.1, 0.15) is 42.3 Å². The molecule has 0 bridgehead atoms. The second kappa shape index (κ2) is 8.57. The fourth-order valence-corrected chi connectivity index (χ4v) is 3.39. The lowest BCUT2D eigenvalue weighted by Gasteiger charge is -2.21. The van der Waals surface area contributed by atoms with Crippen LogP contribution in [-0.2, 0) is 6.54 Å². The Kier molecular flexibility index (Phi) is 6.15. The summed E-state index contributed by atoms with van der Waals surface area (Å²) < 4.78 is 2.00. The van der Waals surface area contributed by atoms with Crippen LogP contribution in [0, 0.1) is 13.8 Å². The van der Waals surface area contributed by atoms with Crippen molar-refractivity contribution in [2.24, 2.45) is 0 Å². The second-order valence-electron chi connectivity index (χ2n) is 7.46. The third-order valence-electron chi connectivity index (χ3n) is 5.01. The quantitative estimate of drug-likeness (QED) is 0.586. The molecule has 0 radical (unpaired) electrons. The van der Waals surface area contributed by atoms with E-state index < -0.39 is 0 Å². The van der Waals surface area contributed by atoms with Crippen molar-refractivity contribution in [2.45, 2.75) is 40.2 Å². The molecule has 146 valence electrons. The Hall–Kier alpha value is -2.66. The first-order chi connectivity index (χ1) is 13.4. The third kappa shape index (κ3) is 4.42. The highest BCUT2D eigenvalue weighted by Crippen LogP contribution is 2.20. The van der Waals surface area contributed by atoms with Gasteiger partial charge in [0, 0.05) is 30.5 Å². The Morgan fingerprint density at radius 1 is 1.07 bits per heavy atom. The molecule has 0 aliphatic heterocycles. The molecule has 0 fully saturated rings. The predicted octanol–water partition coefficient (Wildman–Crippen LogP) is 5.44. The van der Waals surface area contributed by atoms with Gasteiger partial charge in [0.25, 0.3) is 0 Å². The molecular formula is C23H28N4S. The number of rotatable bonds is 5. The zero-order chi connectivity index (χ0) is 20.3. The first-order valence-electron chi connectivity index (χ1n) is 9.59. The lowest BCUT2D eigenvalue weighted by Crippen LogP contribution is -2.31. The topological polar surface area (TPSA) is 33.1 Å². The Bertz CT molecular complexity index is 943. The molecular weight excluding hydrogens is 364 g/mol. The van der Waals surface area contributed by atoms with Crippen LogP contribution in [0.15, 0.2) is 54.6 Å². The maximum atomic E-state index is 5.62. The SMILES string of the molecule is Cc1nn(-c2ccccc2)c(C)c1CN(C)C(=S)Nc1ccc(C(C)C)cc1. The molecule has 3 rings (SSSR count). The average Bonchev–Trinajstić information content (AvgIpc) is 2.97. The Balaban J connectivity index is 1.71. The largest absolute Gasteiger partial charge is 0.348 e. The van der Waals surface area contributed by atoms with Gasteiger partial charge in [-0.05, 0) is 61.8 Å². The minimum absolute atomic E-state index is 0.524. The highest BCUT2D eigenvalue weighted by molar-refractivity contribution is 7.80. The third-order valence-corrected chi connectivity index (χ3v) is 5.43. The molecule has 1 aromatic heterocycles. The summed E-state index contributed by atoms with van der Waals surface area (Å²) in [6.07, 6.45) is 0. The normalized spacial score (nSPS) is 10.9. The summed E-state index contributed by atoms with van der Waals surface area (Å²) in [4.78, 5) is 2.05. The molecule has 0 amide bonds. The molecule has 0 saturated heterocycles. The maximum absolute atomic E-state index is 5.62. The van der Waals surface area contributed by atoms with Crippen LogP contribution in [-0.4, -0.2) is 26.8 Å². The van der Waals surface area contributed by atoms with Crippen LogP contribution in [0.25, 0.3) is 5.69 Å². The highest BCUT2D eigenvalue weighted by atomic mass is 32.1. The molecule has 1 heterocycles. The highest BCUT2D eigenvalue weighted by Gasteiger charge is 2.16. The van der Waals surface area contributed by atoms with E-state index in [4.69, 9.17) is 17.3 Å². The monoisotopic (exact) mass is 392 g/mol. The molecule has 0 aliphatic carbocycles. The van der Waals surface area contributed by atoms with Crippen LogP contribution < -0.4 is 5.32 Å². The number of benzene rings is 2. The maximum Gasteiger partial charge on any atom is 0.173 e. The van der Waals surface area contributed by atoms with Crippen molar-refractivity contribution >= 4 is 23.0 Å². The van der Waals surface area contributed by atoms with Gasteiger partial charge in [-0.2, -0.15) is 5.10 Å². The van der Waals surface area contributed by atoms with Crippen molar-refractivity contribution in [2.75, 3.05) is 12.4 Å². The van der Waals surface area contributed by atoms with Crippen molar-refractivity contribution in [1.82, 2.24) is 14.7 Å². The fraction of sp³-hybridized carbons (Fsp3) is 0.304. The zero-order valence-electron chi connectivity index (χ0n) is 17.2. The van der Waals surface area contributed by atoms with Crippen LogP contribution in [0.2, 0.25) is 0 Å². The lowest BCUT2D eigenvalue weighted by molar-refractivity contribution is 0.505.